The van der Waals surface area contributed by atoms with Gasteiger partial charge < -0.3 is 9.84 Å². The van der Waals surface area contributed by atoms with Crippen LogP contribution in [0.2, 0.25) is 0 Å². The molecular formula is C15H8F6O3. The molecule has 0 atom stereocenters. The molecule has 2 aromatic carbocycles. The maximum absolute atomic E-state index is 12.5. The van der Waals surface area contributed by atoms with Gasteiger partial charge in [0.1, 0.15) is 5.75 Å². The first kappa shape index (κ1) is 17.6. The molecule has 0 saturated heterocycles. The van der Waals surface area contributed by atoms with E-state index in [1.54, 1.807) is 0 Å². The van der Waals surface area contributed by atoms with Gasteiger partial charge in [-0.15, -0.1) is 13.2 Å². The van der Waals surface area contributed by atoms with Crippen molar-refractivity contribution in [2.45, 2.75) is 12.5 Å². The predicted molar refractivity (Wildman–Crippen MR) is 70.5 cm³/mol. The molecule has 3 nitrogen and oxygen atoms in total. The van der Waals surface area contributed by atoms with Crippen molar-refractivity contribution >= 4 is 5.97 Å². The zero-order valence-corrected chi connectivity index (χ0v) is 11.6. The second-order valence-corrected chi connectivity index (χ2v) is 4.64. The summed E-state index contributed by atoms with van der Waals surface area (Å²) in [6.07, 6.45) is -9.57. The van der Waals surface area contributed by atoms with E-state index in [1.807, 2.05) is 0 Å². The molecule has 0 radical (unpaired) electrons. The summed E-state index contributed by atoms with van der Waals surface area (Å²) in [6.45, 7) is 0. The van der Waals surface area contributed by atoms with Gasteiger partial charge in [0, 0.05) is 0 Å². The van der Waals surface area contributed by atoms with Crippen molar-refractivity contribution in [3.8, 4) is 16.9 Å². The Labute approximate surface area is 131 Å². The third kappa shape index (κ3) is 4.18. The maximum Gasteiger partial charge on any atom is 0.573 e. The Bertz CT molecular complexity index is 747. The van der Waals surface area contributed by atoms with Gasteiger partial charge in [-0.05, 0) is 41.5 Å². The van der Waals surface area contributed by atoms with Crippen molar-refractivity contribution in [2.24, 2.45) is 0 Å². The van der Waals surface area contributed by atoms with Crippen LogP contribution in [0.15, 0.2) is 42.5 Å². The van der Waals surface area contributed by atoms with Crippen LogP contribution in [0.3, 0.4) is 0 Å². The molecule has 0 bridgehead atoms. The number of halogens is 6. The molecule has 0 spiro atoms. The lowest BCUT2D eigenvalue weighted by atomic mass is 9.98. The van der Waals surface area contributed by atoms with Crippen LogP contribution in [-0.4, -0.2) is 17.4 Å². The predicted octanol–water partition coefficient (Wildman–Crippen LogP) is 4.97. The highest BCUT2D eigenvalue weighted by Crippen LogP contribution is 2.34. The molecular weight excluding hydrogens is 342 g/mol. The van der Waals surface area contributed by atoms with Crippen LogP contribution in [-0.2, 0) is 6.18 Å². The van der Waals surface area contributed by atoms with Gasteiger partial charge in [0.2, 0.25) is 0 Å². The largest absolute Gasteiger partial charge is 0.573 e. The second-order valence-electron chi connectivity index (χ2n) is 4.64. The number of carboxylic acids is 1. The van der Waals surface area contributed by atoms with E-state index in [9.17, 15) is 31.1 Å². The fourth-order valence-corrected chi connectivity index (χ4v) is 1.98. The lowest BCUT2D eigenvalue weighted by Gasteiger charge is -2.13. The highest BCUT2D eigenvalue weighted by molar-refractivity contribution is 5.96. The van der Waals surface area contributed by atoms with E-state index < -0.39 is 29.8 Å². The van der Waals surface area contributed by atoms with E-state index in [1.165, 1.54) is 0 Å². The number of ether oxygens (including phenoxy) is 1. The van der Waals surface area contributed by atoms with Gasteiger partial charge in [0.15, 0.2) is 0 Å². The van der Waals surface area contributed by atoms with Gasteiger partial charge in [0.25, 0.3) is 0 Å². The van der Waals surface area contributed by atoms with Crippen molar-refractivity contribution in [1.82, 2.24) is 0 Å². The molecule has 0 heterocycles. The lowest BCUT2D eigenvalue weighted by Crippen LogP contribution is -2.17. The van der Waals surface area contributed by atoms with Crippen molar-refractivity contribution in [3.63, 3.8) is 0 Å². The molecule has 9 heteroatoms. The SMILES string of the molecule is O=C(O)c1ccc(OC(F)(F)F)cc1-c1ccc(C(F)(F)F)cc1. The maximum atomic E-state index is 12.5. The lowest BCUT2D eigenvalue weighted by molar-refractivity contribution is -0.274. The Morgan fingerprint density at radius 3 is 1.96 bits per heavy atom. The Hall–Kier alpha value is -2.71. The minimum Gasteiger partial charge on any atom is -0.478 e. The highest BCUT2D eigenvalue weighted by Gasteiger charge is 2.32. The molecule has 24 heavy (non-hydrogen) atoms. The van der Waals surface area contributed by atoms with Crippen LogP contribution in [0.25, 0.3) is 11.1 Å². The first-order valence-electron chi connectivity index (χ1n) is 6.28. The van der Waals surface area contributed by atoms with Crippen molar-refractivity contribution in [3.05, 3.63) is 53.6 Å². The Balaban J connectivity index is 2.50. The number of hydrogen-bond donors (Lipinski definition) is 1. The summed E-state index contributed by atoms with van der Waals surface area (Å²) in [4.78, 5) is 11.2. The molecule has 0 aromatic heterocycles. The number of benzene rings is 2. The van der Waals surface area contributed by atoms with Gasteiger partial charge in [-0.25, -0.2) is 4.79 Å². The zero-order valence-electron chi connectivity index (χ0n) is 11.6. The normalized spacial score (nSPS) is 12.1. The van der Waals surface area contributed by atoms with Crippen LogP contribution >= 0.6 is 0 Å². The topological polar surface area (TPSA) is 46.5 Å². The quantitative estimate of drug-likeness (QED) is 0.795. The smallest absolute Gasteiger partial charge is 0.478 e. The number of aromatic carboxylic acids is 1. The van der Waals surface area contributed by atoms with Gasteiger partial charge in [-0.3, -0.25) is 0 Å². The van der Waals surface area contributed by atoms with Crippen LogP contribution < -0.4 is 4.74 Å². The van der Waals surface area contributed by atoms with Crippen molar-refractivity contribution in [2.75, 3.05) is 0 Å². The zero-order chi connectivity index (χ0) is 18.1. The van der Waals surface area contributed by atoms with Crippen LogP contribution in [0, 0.1) is 0 Å². The third-order valence-electron chi connectivity index (χ3n) is 2.98. The van der Waals surface area contributed by atoms with E-state index in [-0.39, 0.29) is 16.7 Å². The number of alkyl halides is 6. The number of carbonyl (C=O) groups is 1. The minimum absolute atomic E-state index is 0.00743. The van der Waals surface area contributed by atoms with Gasteiger partial charge in [-0.1, -0.05) is 12.1 Å². The Morgan fingerprint density at radius 2 is 1.50 bits per heavy atom. The molecule has 0 aliphatic carbocycles. The van der Waals surface area contributed by atoms with Gasteiger partial charge in [0.05, 0.1) is 11.1 Å². The summed E-state index contributed by atoms with van der Waals surface area (Å²) in [5.74, 6) is -2.12. The van der Waals surface area contributed by atoms with E-state index >= 15 is 0 Å². The Morgan fingerprint density at radius 1 is 0.917 bits per heavy atom. The molecule has 0 aliphatic heterocycles. The molecule has 0 fully saturated rings. The standard InChI is InChI=1S/C15H8F6O3/c16-14(17,18)9-3-1-8(2-4-9)12-7-10(24-15(19,20)21)5-6-11(12)13(22)23/h1-7H,(H,22,23). The minimum atomic E-state index is -4.98. The van der Waals surface area contributed by atoms with Gasteiger partial charge >= 0.3 is 18.5 Å². The summed E-state index contributed by atoms with van der Waals surface area (Å²) in [5.41, 5.74) is -1.53. The second kappa shape index (κ2) is 6.06. The van der Waals surface area contributed by atoms with Crippen molar-refractivity contribution in [1.29, 1.82) is 0 Å². The summed E-state index contributed by atoms with van der Waals surface area (Å²) >= 11 is 0. The van der Waals surface area contributed by atoms with Gasteiger partial charge in [-0.2, -0.15) is 13.2 Å². The van der Waals surface area contributed by atoms with E-state index in [0.29, 0.717) is 12.1 Å². The Kier molecular flexibility index (Phi) is 4.46. The molecule has 0 amide bonds. The third-order valence-corrected chi connectivity index (χ3v) is 2.98. The molecule has 0 aliphatic rings. The fraction of sp³-hybridized carbons (Fsp3) is 0.133. The monoisotopic (exact) mass is 350 g/mol. The molecule has 2 rings (SSSR count). The molecule has 0 unspecified atom stereocenters. The first-order chi connectivity index (χ1) is 11.0. The number of rotatable bonds is 3. The fourth-order valence-electron chi connectivity index (χ4n) is 1.98. The summed E-state index contributed by atoms with van der Waals surface area (Å²) < 4.78 is 78.1. The van der Waals surface area contributed by atoms with E-state index in [4.69, 9.17) is 5.11 Å². The molecule has 128 valence electrons. The van der Waals surface area contributed by atoms with E-state index in [2.05, 4.69) is 4.74 Å². The number of carboxylic acid groups (broad SMARTS) is 1. The van der Waals surface area contributed by atoms with Crippen LogP contribution in [0.5, 0.6) is 5.75 Å². The molecule has 0 saturated carbocycles. The van der Waals surface area contributed by atoms with E-state index in [0.717, 1.165) is 30.3 Å². The summed E-state index contributed by atoms with van der Waals surface area (Å²) in [7, 11) is 0. The molecule has 1 N–H and O–H groups in total. The molecule has 2 aromatic rings. The summed E-state index contributed by atoms with van der Waals surface area (Å²) in [5, 5.41) is 9.09. The van der Waals surface area contributed by atoms with Crippen LogP contribution in [0.4, 0.5) is 26.3 Å². The van der Waals surface area contributed by atoms with Crippen LogP contribution in [0.1, 0.15) is 15.9 Å². The summed E-state index contributed by atoms with van der Waals surface area (Å²) in [6, 6.07) is 5.86. The average Bonchev–Trinajstić information content (AvgIpc) is 2.44. The average molecular weight is 350 g/mol. The van der Waals surface area contributed by atoms with Crippen molar-refractivity contribution < 1.29 is 41.0 Å². The first-order valence-corrected chi connectivity index (χ1v) is 6.28. The number of hydrogen-bond acceptors (Lipinski definition) is 2. The highest BCUT2D eigenvalue weighted by atomic mass is 19.4.